The van der Waals surface area contributed by atoms with Crippen LogP contribution in [-0.4, -0.2) is 50.9 Å². The number of aliphatic imine (C=N–C) groups is 1. The van der Waals surface area contributed by atoms with Gasteiger partial charge in [0.25, 0.3) is 11.9 Å². The van der Waals surface area contributed by atoms with Gasteiger partial charge in [0.05, 0.1) is 6.42 Å². The highest BCUT2D eigenvalue weighted by molar-refractivity contribution is 6.06. The first kappa shape index (κ1) is 19.8. The average Bonchev–Trinajstić information content (AvgIpc) is 3.10. The monoisotopic (exact) mass is 394 g/mol. The maximum atomic E-state index is 12.5. The second-order valence-corrected chi connectivity index (χ2v) is 9.03. The number of likely N-dealkylation sites (tertiary alicyclic amines) is 1. The van der Waals surface area contributed by atoms with Crippen LogP contribution in [0.15, 0.2) is 29.3 Å². The predicted octanol–water partition coefficient (Wildman–Crippen LogP) is 3.79. The standard InChI is InChI=1S/C22H30N6O/c1-22(2,3)17-9-7-16(8-10-17)14-23-20-25-21-24-18(13-19(29)28(21)26-20)15-27-11-5-4-6-12-27/h7-10H,4-6,11-15H2,1-3H3,(H,23,26). The van der Waals surface area contributed by atoms with Crippen molar-refractivity contribution < 1.29 is 4.79 Å². The van der Waals surface area contributed by atoms with E-state index in [1.807, 2.05) is 0 Å². The fourth-order valence-electron chi connectivity index (χ4n) is 3.82. The van der Waals surface area contributed by atoms with Crippen molar-refractivity contribution in [1.82, 2.24) is 19.7 Å². The number of nitrogens with zero attached hydrogens (tertiary/aromatic N) is 5. The van der Waals surface area contributed by atoms with Crippen molar-refractivity contribution in [3.05, 3.63) is 35.4 Å². The summed E-state index contributed by atoms with van der Waals surface area (Å²) < 4.78 is 1.32. The summed E-state index contributed by atoms with van der Waals surface area (Å²) in [6.07, 6.45) is 4.06. The minimum absolute atomic E-state index is 0.0583. The van der Waals surface area contributed by atoms with E-state index in [0.29, 0.717) is 24.9 Å². The van der Waals surface area contributed by atoms with E-state index in [2.05, 4.69) is 70.3 Å². The first-order valence-electron chi connectivity index (χ1n) is 10.5. The zero-order chi connectivity index (χ0) is 20.4. The molecule has 1 aromatic heterocycles. The molecule has 0 radical (unpaired) electrons. The van der Waals surface area contributed by atoms with Gasteiger partial charge in [0, 0.05) is 18.8 Å². The van der Waals surface area contributed by atoms with Crippen molar-refractivity contribution in [2.45, 2.75) is 58.4 Å². The van der Waals surface area contributed by atoms with Crippen molar-refractivity contribution in [3.63, 3.8) is 0 Å². The van der Waals surface area contributed by atoms with Crippen LogP contribution in [0.25, 0.3) is 0 Å². The molecule has 7 nitrogen and oxygen atoms in total. The third kappa shape index (κ3) is 4.72. The van der Waals surface area contributed by atoms with E-state index in [1.54, 1.807) is 0 Å². The molecule has 154 valence electrons. The Kier molecular flexibility index (Phi) is 5.50. The van der Waals surface area contributed by atoms with E-state index < -0.39 is 0 Å². The summed E-state index contributed by atoms with van der Waals surface area (Å²) >= 11 is 0. The summed E-state index contributed by atoms with van der Waals surface area (Å²) in [5.41, 5.74) is 3.48. The summed E-state index contributed by atoms with van der Waals surface area (Å²) in [5, 5.41) is 7.53. The summed E-state index contributed by atoms with van der Waals surface area (Å²) in [4.78, 5) is 23.9. The van der Waals surface area contributed by atoms with Crippen molar-refractivity contribution in [1.29, 1.82) is 0 Å². The van der Waals surface area contributed by atoms with Crippen LogP contribution in [-0.2, 0) is 12.0 Å². The van der Waals surface area contributed by atoms with E-state index in [-0.39, 0.29) is 11.3 Å². The van der Waals surface area contributed by atoms with Gasteiger partial charge in [0.1, 0.15) is 0 Å². The number of hydrogen-bond donors (Lipinski definition) is 1. The lowest BCUT2D eigenvalue weighted by atomic mass is 9.87. The molecule has 7 heteroatoms. The molecule has 1 fully saturated rings. The largest absolute Gasteiger partial charge is 0.349 e. The first-order chi connectivity index (χ1) is 13.9. The number of anilines is 1. The van der Waals surface area contributed by atoms with Crippen molar-refractivity contribution in [3.8, 4) is 0 Å². The number of hydrogen-bond acceptors (Lipinski definition) is 6. The molecule has 0 amide bonds. The number of carbonyl (C=O) groups is 1. The lowest BCUT2D eigenvalue weighted by Crippen LogP contribution is -2.36. The summed E-state index contributed by atoms with van der Waals surface area (Å²) in [5.74, 6) is 0.771. The zero-order valence-electron chi connectivity index (χ0n) is 17.6. The van der Waals surface area contributed by atoms with Crippen LogP contribution < -0.4 is 5.32 Å². The molecule has 4 rings (SSSR count). The van der Waals surface area contributed by atoms with Crippen molar-refractivity contribution >= 4 is 23.5 Å². The van der Waals surface area contributed by atoms with Crippen LogP contribution in [0, 0.1) is 0 Å². The van der Waals surface area contributed by atoms with Crippen molar-refractivity contribution in [2.75, 3.05) is 25.0 Å². The van der Waals surface area contributed by atoms with Gasteiger partial charge in [0.15, 0.2) is 0 Å². The molecule has 0 bridgehead atoms. The SMILES string of the molecule is CC(C)(C)c1ccc(CNc2nc3n(n2)C(=O)CC(CN2CCCCC2)=N3)cc1. The van der Waals surface area contributed by atoms with Gasteiger partial charge in [-0.25, -0.2) is 4.99 Å². The van der Waals surface area contributed by atoms with Crippen LogP contribution in [0.5, 0.6) is 0 Å². The highest BCUT2D eigenvalue weighted by Crippen LogP contribution is 2.23. The Balaban J connectivity index is 1.41. The molecule has 1 saturated heterocycles. The van der Waals surface area contributed by atoms with Gasteiger partial charge in [0.2, 0.25) is 5.95 Å². The fraction of sp³-hybridized carbons (Fsp3) is 0.545. The highest BCUT2D eigenvalue weighted by Gasteiger charge is 2.25. The molecular formula is C22H30N6O. The lowest BCUT2D eigenvalue weighted by Gasteiger charge is -2.27. The highest BCUT2D eigenvalue weighted by atomic mass is 16.2. The maximum Gasteiger partial charge on any atom is 0.257 e. The Morgan fingerprint density at radius 2 is 1.79 bits per heavy atom. The Bertz CT molecular complexity index is 900. The topological polar surface area (TPSA) is 75.4 Å². The molecule has 1 aromatic carbocycles. The molecule has 2 aliphatic heterocycles. The van der Waals surface area contributed by atoms with Gasteiger partial charge in [-0.1, -0.05) is 51.5 Å². The van der Waals surface area contributed by atoms with Crippen LogP contribution in [0.4, 0.5) is 11.9 Å². The van der Waals surface area contributed by atoms with Crippen LogP contribution in [0.1, 0.15) is 62.4 Å². The van der Waals surface area contributed by atoms with Gasteiger partial charge in [-0.15, -0.1) is 5.10 Å². The number of rotatable bonds is 5. The van der Waals surface area contributed by atoms with Gasteiger partial charge in [-0.3, -0.25) is 9.69 Å². The number of piperidine rings is 1. The Morgan fingerprint density at radius 1 is 1.07 bits per heavy atom. The van der Waals surface area contributed by atoms with E-state index >= 15 is 0 Å². The summed E-state index contributed by atoms with van der Waals surface area (Å²) in [7, 11) is 0. The van der Waals surface area contributed by atoms with E-state index in [4.69, 9.17) is 0 Å². The Morgan fingerprint density at radius 3 is 2.48 bits per heavy atom. The van der Waals surface area contributed by atoms with Gasteiger partial charge < -0.3 is 5.32 Å². The molecular weight excluding hydrogens is 364 g/mol. The molecule has 0 saturated carbocycles. The zero-order valence-corrected chi connectivity index (χ0v) is 17.6. The summed E-state index contributed by atoms with van der Waals surface area (Å²) in [6, 6.07) is 8.54. The van der Waals surface area contributed by atoms with Gasteiger partial charge in [-0.2, -0.15) is 9.67 Å². The number of aromatic nitrogens is 3. The molecule has 0 unspecified atom stereocenters. The molecule has 2 aliphatic rings. The molecule has 1 N–H and O–H groups in total. The molecule has 3 heterocycles. The minimum Gasteiger partial charge on any atom is -0.349 e. The van der Waals surface area contributed by atoms with Crippen molar-refractivity contribution in [2.24, 2.45) is 4.99 Å². The number of fused-ring (bicyclic) bond motifs is 1. The summed E-state index contributed by atoms with van der Waals surface area (Å²) in [6.45, 7) is 10.1. The Hall–Kier alpha value is -2.54. The molecule has 29 heavy (non-hydrogen) atoms. The second-order valence-electron chi connectivity index (χ2n) is 9.03. The number of nitrogens with one attached hydrogen (secondary N) is 1. The van der Waals surface area contributed by atoms with Crippen LogP contribution >= 0.6 is 0 Å². The molecule has 0 atom stereocenters. The third-order valence-electron chi connectivity index (χ3n) is 5.57. The maximum absolute atomic E-state index is 12.5. The van der Waals surface area contributed by atoms with Gasteiger partial charge in [-0.05, 0) is 42.5 Å². The average molecular weight is 395 g/mol. The van der Waals surface area contributed by atoms with Crippen LogP contribution in [0.3, 0.4) is 0 Å². The van der Waals surface area contributed by atoms with E-state index in [1.165, 1.54) is 29.5 Å². The molecule has 0 aliphatic carbocycles. The third-order valence-corrected chi connectivity index (χ3v) is 5.57. The number of carbonyl (C=O) groups excluding carboxylic acids is 1. The molecule has 0 spiro atoms. The lowest BCUT2D eigenvalue weighted by molar-refractivity contribution is 0.0904. The second kappa shape index (κ2) is 8.06. The smallest absolute Gasteiger partial charge is 0.257 e. The normalized spacial score (nSPS) is 17.8. The molecule has 2 aromatic rings. The van der Waals surface area contributed by atoms with Gasteiger partial charge >= 0.3 is 0 Å². The van der Waals surface area contributed by atoms with E-state index in [9.17, 15) is 4.79 Å². The predicted molar refractivity (Wildman–Crippen MR) is 115 cm³/mol. The first-order valence-corrected chi connectivity index (χ1v) is 10.5. The Labute approximate surface area is 172 Å². The fourth-order valence-corrected chi connectivity index (χ4v) is 3.82. The van der Waals surface area contributed by atoms with Crippen LogP contribution in [0.2, 0.25) is 0 Å². The minimum atomic E-state index is -0.0583. The van der Waals surface area contributed by atoms with E-state index in [0.717, 1.165) is 30.9 Å². The number of benzene rings is 1. The quantitative estimate of drug-likeness (QED) is 0.835.